The zero-order valence-corrected chi connectivity index (χ0v) is 18.4. The monoisotopic (exact) mass is 453 g/mol. The fourth-order valence-corrected chi connectivity index (χ4v) is 3.47. The second kappa shape index (κ2) is 8.94. The van der Waals surface area contributed by atoms with Crippen LogP contribution in [0.15, 0.2) is 72.9 Å². The Labute approximate surface area is 195 Å². The number of aryl methyl sites for hydroxylation is 1. The number of para-hydroxylation sites is 2. The van der Waals surface area contributed by atoms with E-state index in [1.165, 1.54) is 0 Å². The minimum Gasteiger partial charge on any atom is -0.397 e. The van der Waals surface area contributed by atoms with E-state index in [0.29, 0.717) is 41.1 Å². The number of anilines is 5. The Bertz CT molecular complexity index is 1450. The number of H-pyrrole nitrogens is 1. The summed E-state index contributed by atoms with van der Waals surface area (Å²) in [4.78, 5) is 17.1. The van der Waals surface area contributed by atoms with Crippen molar-refractivity contribution in [2.75, 3.05) is 21.7 Å². The van der Waals surface area contributed by atoms with Crippen LogP contribution in [0.4, 0.5) is 29.0 Å². The molecule has 0 aliphatic rings. The van der Waals surface area contributed by atoms with Gasteiger partial charge in [-0.15, -0.1) is 5.10 Å². The smallest absolute Gasteiger partial charge is 0.255 e. The molecular weight excluding hydrogens is 430 g/mol. The van der Waals surface area contributed by atoms with Crippen molar-refractivity contribution >= 4 is 40.4 Å². The lowest BCUT2D eigenvalue weighted by Crippen LogP contribution is -2.13. The number of hydrogen-bond donors (Lipinski definition) is 5. The molecule has 3 heterocycles. The van der Waals surface area contributed by atoms with E-state index in [9.17, 15) is 4.79 Å². The first-order chi connectivity index (χ1) is 16.5. The number of nitrogens with two attached hydrogens (primary N) is 1. The summed E-state index contributed by atoms with van der Waals surface area (Å²) >= 11 is 0. The molecule has 0 bridgehead atoms. The maximum atomic E-state index is 12.5. The summed E-state index contributed by atoms with van der Waals surface area (Å²) in [5, 5.41) is 20.9. The lowest BCUT2D eigenvalue weighted by Gasteiger charge is -2.10. The van der Waals surface area contributed by atoms with E-state index in [4.69, 9.17) is 5.73 Å². The van der Waals surface area contributed by atoms with Crippen LogP contribution in [-0.4, -0.2) is 30.7 Å². The van der Waals surface area contributed by atoms with Crippen LogP contribution in [0.1, 0.15) is 21.6 Å². The first kappa shape index (κ1) is 21.0. The van der Waals surface area contributed by atoms with Crippen molar-refractivity contribution in [3.63, 3.8) is 0 Å². The van der Waals surface area contributed by atoms with Gasteiger partial charge < -0.3 is 21.7 Å². The molecule has 0 aliphatic carbocycles. The van der Waals surface area contributed by atoms with Gasteiger partial charge in [0.2, 0.25) is 5.95 Å². The van der Waals surface area contributed by atoms with E-state index in [0.717, 1.165) is 16.8 Å². The number of amides is 1. The Morgan fingerprint density at radius 2 is 1.91 bits per heavy atom. The largest absolute Gasteiger partial charge is 0.397 e. The zero-order chi connectivity index (χ0) is 23.5. The van der Waals surface area contributed by atoms with Crippen molar-refractivity contribution in [2.45, 2.75) is 13.5 Å². The van der Waals surface area contributed by atoms with Crippen LogP contribution in [0, 0.1) is 6.92 Å². The highest BCUT2D eigenvalue weighted by molar-refractivity contribution is 6.05. The number of carbonyl (C=O) groups is 1. The second-order valence-corrected chi connectivity index (χ2v) is 7.78. The van der Waals surface area contributed by atoms with Gasteiger partial charge in [-0.05, 0) is 48.9 Å². The number of rotatable bonds is 7. The average Bonchev–Trinajstić information content (AvgIpc) is 3.48. The molecule has 0 fully saturated rings. The summed E-state index contributed by atoms with van der Waals surface area (Å²) in [5.41, 5.74) is 10.3. The molecule has 2 aromatic carbocycles. The second-order valence-electron chi connectivity index (χ2n) is 7.78. The molecule has 3 aromatic heterocycles. The molecule has 0 atom stereocenters. The lowest BCUT2D eigenvalue weighted by atomic mass is 10.1. The number of nitrogens with one attached hydrogen (secondary N) is 4. The van der Waals surface area contributed by atoms with Crippen molar-refractivity contribution in [2.24, 2.45) is 0 Å². The maximum Gasteiger partial charge on any atom is 0.255 e. The molecule has 0 unspecified atom stereocenters. The first-order valence-corrected chi connectivity index (χ1v) is 10.7. The molecule has 170 valence electrons. The molecule has 10 heteroatoms. The van der Waals surface area contributed by atoms with Crippen molar-refractivity contribution in [1.29, 1.82) is 0 Å². The van der Waals surface area contributed by atoms with E-state index >= 15 is 0 Å². The molecule has 5 aromatic rings. The molecular formula is C24H23N9O. The van der Waals surface area contributed by atoms with Crippen LogP contribution in [0.2, 0.25) is 0 Å². The third kappa shape index (κ3) is 4.51. The number of fused-ring (bicyclic) bond motifs is 1. The van der Waals surface area contributed by atoms with Gasteiger partial charge in [0.15, 0.2) is 11.6 Å². The van der Waals surface area contributed by atoms with Gasteiger partial charge in [-0.1, -0.05) is 24.3 Å². The highest BCUT2D eigenvalue weighted by Gasteiger charge is 2.11. The van der Waals surface area contributed by atoms with Crippen LogP contribution in [-0.2, 0) is 6.54 Å². The van der Waals surface area contributed by atoms with E-state index in [1.807, 2.05) is 55.6 Å². The number of hydrogen-bond acceptors (Lipinski definition) is 7. The SMILES string of the molecule is Cc1cc(Nc2nc(NCc3ccc(C(=O)Nc4ccccc4N)cc3)nn3cccc23)n[nH]1. The molecule has 6 N–H and O–H groups in total. The van der Waals surface area contributed by atoms with E-state index in [2.05, 4.69) is 36.2 Å². The average molecular weight is 454 g/mol. The molecule has 0 aliphatic heterocycles. The minimum absolute atomic E-state index is 0.219. The van der Waals surface area contributed by atoms with Gasteiger partial charge in [0.25, 0.3) is 5.91 Å². The highest BCUT2D eigenvalue weighted by Crippen LogP contribution is 2.21. The van der Waals surface area contributed by atoms with Gasteiger partial charge in [0.1, 0.15) is 5.52 Å². The number of nitrogens with zero attached hydrogens (tertiary/aromatic N) is 4. The standard InChI is InChI=1S/C24H23N9O/c1-15-13-21(31-30-15)28-22-20-7-4-12-33(20)32-24(29-22)26-14-16-8-10-17(11-9-16)23(34)27-19-6-3-2-5-18(19)25/h2-13H,14,25H2,1H3,(H,27,34)(H3,26,28,29,30,31,32). The molecule has 1 amide bonds. The first-order valence-electron chi connectivity index (χ1n) is 10.7. The number of carbonyl (C=O) groups excluding carboxylic acids is 1. The van der Waals surface area contributed by atoms with Crippen molar-refractivity contribution < 1.29 is 4.79 Å². The molecule has 5 rings (SSSR count). The molecule has 0 spiro atoms. The van der Waals surface area contributed by atoms with Crippen LogP contribution in [0.25, 0.3) is 5.52 Å². The molecule has 0 saturated heterocycles. The van der Waals surface area contributed by atoms with Crippen LogP contribution in [0.5, 0.6) is 0 Å². The Kier molecular flexibility index (Phi) is 5.53. The molecule has 0 saturated carbocycles. The summed E-state index contributed by atoms with van der Waals surface area (Å²) in [6.07, 6.45) is 1.86. The van der Waals surface area contributed by atoms with Gasteiger partial charge in [0.05, 0.1) is 11.4 Å². The third-order valence-corrected chi connectivity index (χ3v) is 5.22. The number of aromatic nitrogens is 5. The van der Waals surface area contributed by atoms with Gasteiger partial charge in [-0.25, -0.2) is 4.52 Å². The topological polar surface area (TPSA) is 138 Å². The quantitative estimate of drug-likeness (QED) is 0.235. The molecule has 0 radical (unpaired) electrons. The number of nitrogen functional groups attached to an aromatic ring is 1. The summed E-state index contributed by atoms with van der Waals surface area (Å²) in [6, 6.07) is 20.2. The summed E-state index contributed by atoms with van der Waals surface area (Å²) in [6.45, 7) is 2.42. The maximum absolute atomic E-state index is 12.5. The van der Waals surface area contributed by atoms with Crippen LogP contribution < -0.4 is 21.7 Å². The predicted molar refractivity (Wildman–Crippen MR) is 132 cm³/mol. The van der Waals surface area contributed by atoms with Gasteiger partial charge in [0, 0.05) is 30.1 Å². The summed E-state index contributed by atoms with van der Waals surface area (Å²) < 4.78 is 1.75. The Morgan fingerprint density at radius 1 is 1.09 bits per heavy atom. The Balaban J connectivity index is 1.27. The number of benzene rings is 2. The van der Waals surface area contributed by atoms with E-state index in [-0.39, 0.29) is 5.91 Å². The molecule has 34 heavy (non-hydrogen) atoms. The predicted octanol–water partition coefficient (Wildman–Crippen LogP) is 3.95. The van der Waals surface area contributed by atoms with Crippen molar-refractivity contribution in [1.82, 2.24) is 24.8 Å². The van der Waals surface area contributed by atoms with Gasteiger partial charge >= 0.3 is 0 Å². The fraction of sp³-hybridized carbons (Fsp3) is 0.0833. The normalized spacial score (nSPS) is 10.9. The highest BCUT2D eigenvalue weighted by atomic mass is 16.1. The van der Waals surface area contributed by atoms with Gasteiger partial charge in [-0.2, -0.15) is 10.1 Å². The number of aromatic amines is 1. The molecule has 10 nitrogen and oxygen atoms in total. The fourth-order valence-electron chi connectivity index (χ4n) is 3.47. The third-order valence-electron chi connectivity index (χ3n) is 5.22. The zero-order valence-electron chi connectivity index (χ0n) is 18.4. The van der Waals surface area contributed by atoms with Crippen LogP contribution in [0.3, 0.4) is 0 Å². The summed E-state index contributed by atoms with van der Waals surface area (Å²) in [7, 11) is 0. The lowest BCUT2D eigenvalue weighted by molar-refractivity contribution is 0.102. The van der Waals surface area contributed by atoms with Gasteiger partial charge in [-0.3, -0.25) is 9.89 Å². The summed E-state index contributed by atoms with van der Waals surface area (Å²) in [5.74, 6) is 1.56. The van der Waals surface area contributed by atoms with E-state index < -0.39 is 0 Å². The van der Waals surface area contributed by atoms with Crippen molar-refractivity contribution in [3.05, 3.63) is 89.7 Å². The van der Waals surface area contributed by atoms with Crippen LogP contribution >= 0.6 is 0 Å². The van der Waals surface area contributed by atoms with E-state index in [1.54, 1.807) is 28.8 Å². The Morgan fingerprint density at radius 3 is 2.68 bits per heavy atom. The Hall–Kier alpha value is -4.86. The van der Waals surface area contributed by atoms with Crippen molar-refractivity contribution in [3.8, 4) is 0 Å². The minimum atomic E-state index is -0.219.